The van der Waals surface area contributed by atoms with Crippen molar-refractivity contribution in [3.63, 3.8) is 0 Å². The Kier molecular flexibility index (Phi) is 5.94. The number of ether oxygens (including phenoxy) is 1. The molecule has 2 aromatic rings. The molecule has 1 unspecified atom stereocenters. The van der Waals surface area contributed by atoms with Crippen molar-refractivity contribution < 1.29 is 17.9 Å². The van der Waals surface area contributed by atoms with Crippen LogP contribution in [0.25, 0.3) is 5.70 Å². The summed E-state index contributed by atoms with van der Waals surface area (Å²) in [5, 5.41) is 10.4. The highest BCUT2D eigenvalue weighted by Gasteiger charge is 2.24. The molecule has 3 aliphatic rings. The van der Waals surface area contributed by atoms with Crippen LogP contribution in [-0.4, -0.2) is 36.4 Å². The summed E-state index contributed by atoms with van der Waals surface area (Å²) in [5.74, 6) is 1.09. The number of hydrogen-bond acceptors (Lipinski definition) is 6. The third-order valence-electron chi connectivity index (χ3n) is 6.07. The second-order valence-corrected chi connectivity index (χ2v) is 10.8. The Labute approximate surface area is 204 Å². The van der Waals surface area contributed by atoms with Crippen molar-refractivity contribution in [2.75, 3.05) is 11.6 Å². The molecule has 180 valence electrons. The van der Waals surface area contributed by atoms with Crippen LogP contribution in [-0.2, 0) is 21.1 Å². The summed E-state index contributed by atoms with van der Waals surface area (Å²) in [4.78, 5) is 12.8. The molecule has 0 saturated heterocycles. The number of dihydropyridines is 1. The van der Waals surface area contributed by atoms with Crippen molar-refractivity contribution in [2.24, 2.45) is 0 Å². The van der Waals surface area contributed by atoms with Gasteiger partial charge in [-0.3, -0.25) is 4.79 Å². The molecule has 2 aliphatic carbocycles. The molecule has 0 bridgehead atoms. The summed E-state index contributed by atoms with van der Waals surface area (Å²) in [6, 6.07) is 5.45. The van der Waals surface area contributed by atoms with Gasteiger partial charge in [0.25, 0.3) is 0 Å². The van der Waals surface area contributed by atoms with Gasteiger partial charge in [-0.15, -0.1) is 0 Å². The first-order valence-electron chi connectivity index (χ1n) is 11.3. The summed E-state index contributed by atoms with van der Waals surface area (Å²) in [7, 11) is -3.34. The van der Waals surface area contributed by atoms with Crippen molar-refractivity contribution >= 4 is 27.1 Å². The maximum atomic E-state index is 12.5. The van der Waals surface area contributed by atoms with Crippen molar-refractivity contribution in [2.45, 2.75) is 32.2 Å². The second kappa shape index (κ2) is 9.07. The number of benzene rings is 1. The van der Waals surface area contributed by atoms with Gasteiger partial charge in [-0.2, -0.15) is 5.10 Å². The number of anilines is 1. The smallest absolute Gasteiger partial charge is 0.228 e. The summed E-state index contributed by atoms with van der Waals surface area (Å²) >= 11 is 0. The summed E-state index contributed by atoms with van der Waals surface area (Å²) in [6.45, 7) is 1.92. The molecule has 1 aliphatic heterocycles. The zero-order valence-corrected chi connectivity index (χ0v) is 20.3. The van der Waals surface area contributed by atoms with Gasteiger partial charge in [-0.05, 0) is 55.2 Å². The minimum absolute atomic E-state index is 0.123. The monoisotopic (exact) mass is 490 g/mol. The zero-order valence-electron chi connectivity index (χ0n) is 19.5. The van der Waals surface area contributed by atoms with Crippen LogP contribution in [0, 0.1) is 6.92 Å². The molecule has 35 heavy (non-hydrogen) atoms. The molecule has 0 saturated carbocycles. The Bertz CT molecular complexity index is 1460. The lowest BCUT2D eigenvalue weighted by atomic mass is 9.98. The normalized spacial score (nSPS) is 18.7. The lowest BCUT2D eigenvalue weighted by Gasteiger charge is -2.25. The number of carbonyl (C=O) groups is 1. The maximum Gasteiger partial charge on any atom is 0.228 e. The van der Waals surface area contributed by atoms with Crippen LogP contribution in [0.3, 0.4) is 0 Å². The fourth-order valence-corrected chi connectivity index (χ4v) is 4.74. The first-order chi connectivity index (χ1) is 16.8. The first kappa shape index (κ1) is 22.9. The topological polar surface area (TPSA) is 102 Å². The number of nitrogens with zero attached hydrogens (tertiary/aromatic N) is 2. The Morgan fingerprint density at radius 2 is 2.14 bits per heavy atom. The molecule has 2 heterocycles. The quantitative estimate of drug-likeness (QED) is 0.615. The standard InChI is InChI=1S/C26H26N4O4S/c1-17-12-18(13-26(31)29-19-15-28-30(16-19)20-4-3-5-20)6-9-24(17)34-25-10-11-27-23-8-7-21(14-22(23)25)35(2,32)33/h4,6-12,14-16,23,27H,3,5,13H2,1-2H3,(H,29,31). The molecule has 0 spiro atoms. The third kappa shape index (κ3) is 5.00. The minimum atomic E-state index is -3.34. The number of sulfone groups is 1. The average Bonchev–Trinajstić information content (AvgIpc) is 3.21. The van der Waals surface area contributed by atoms with Crippen LogP contribution >= 0.6 is 0 Å². The first-order valence-corrected chi connectivity index (χ1v) is 13.2. The molecular formula is C26H26N4O4S. The van der Waals surface area contributed by atoms with Crippen LogP contribution in [0.1, 0.15) is 24.0 Å². The molecule has 5 rings (SSSR count). The van der Waals surface area contributed by atoms with Gasteiger partial charge in [0.05, 0.1) is 35.4 Å². The molecule has 1 amide bonds. The van der Waals surface area contributed by atoms with E-state index in [0.717, 1.165) is 35.2 Å². The van der Waals surface area contributed by atoms with Crippen LogP contribution < -0.4 is 15.4 Å². The number of hydrogen-bond donors (Lipinski definition) is 2. The Hall–Kier alpha value is -3.85. The van der Waals surface area contributed by atoms with E-state index >= 15 is 0 Å². The number of carbonyl (C=O) groups excluding carboxylic acids is 1. The molecule has 1 atom stereocenters. The Morgan fingerprint density at radius 3 is 2.86 bits per heavy atom. The van der Waals surface area contributed by atoms with E-state index in [1.165, 1.54) is 6.26 Å². The van der Waals surface area contributed by atoms with Gasteiger partial charge in [0.1, 0.15) is 11.5 Å². The number of aromatic nitrogens is 2. The fraction of sp³-hybridized carbons (Fsp3) is 0.231. The molecule has 8 nitrogen and oxygen atoms in total. The lowest BCUT2D eigenvalue weighted by molar-refractivity contribution is -0.115. The van der Waals surface area contributed by atoms with Gasteiger partial charge in [0.2, 0.25) is 5.91 Å². The van der Waals surface area contributed by atoms with Crippen molar-refractivity contribution in [3.05, 3.63) is 94.5 Å². The van der Waals surface area contributed by atoms with Crippen LogP contribution in [0.4, 0.5) is 5.69 Å². The van der Waals surface area contributed by atoms with Gasteiger partial charge >= 0.3 is 0 Å². The average molecular weight is 491 g/mol. The van der Waals surface area contributed by atoms with Gasteiger partial charge in [-0.25, -0.2) is 13.1 Å². The minimum Gasteiger partial charge on any atom is -0.457 e. The number of aryl methyl sites for hydroxylation is 1. The Balaban J connectivity index is 1.28. The molecule has 2 N–H and O–H groups in total. The lowest BCUT2D eigenvalue weighted by Crippen LogP contribution is -2.30. The number of fused-ring (bicyclic) bond motifs is 1. The van der Waals surface area contributed by atoms with E-state index < -0.39 is 9.84 Å². The second-order valence-electron chi connectivity index (χ2n) is 8.81. The van der Waals surface area contributed by atoms with Crippen molar-refractivity contribution in [1.82, 2.24) is 15.1 Å². The zero-order chi connectivity index (χ0) is 24.6. The highest BCUT2D eigenvalue weighted by atomic mass is 32.2. The van der Waals surface area contributed by atoms with E-state index in [9.17, 15) is 13.2 Å². The Morgan fingerprint density at radius 1 is 1.31 bits per heavy atom. The van der Waals surface area contributed by atoms with E-state index in [2.05, 4.69) is 21.8 Å². The van der Waals surface area contributed by atoms with Crippen LogP contribution in [0.5, 0.6) is 5.75 Å². The van der Waals surface area contributed by atoms with Gasteiger partial charge in [-0.1, -0.05) is 24.3 Å². The molecule has 1 aromatic heterocycles. The summed E-state index contributed by atoms with van der Waals surface area (Å²) in [6.07, 6.45) is 17.7. The van der Waals surface area contributed by atoms with E-state index in [1.807, 2.05) is 31.3 Å². The van der Waals surface area contributed by atoms with Crippen molar-refractivity contribution in [3.8, 4) is 5.75 Å². The number of amides is 1. The van der Waals surface area contributed by atoms with E-state index in [0.29, 0.717) is 17.2 Å². The third-order valence-corrected chi connectivity index (χ3v) is 7.18. The highest BCUT2D eigenvalue weighted by Crippen LogP contribution is 2.30. The van der Waals surface area contributed by atoms with Gasteiger partial charge in [0.15, 0.2) is 9.84 Å². The molecule has 1 aromatic carbocycles. The van der Waals surface area contributed by atoms with Gasteiger partial charge < -0.3 is 15.4 Å². The van der Waals surface area contributed by atoms with Gasteiger partial charge in [0, 0.05) is 23.7 Å². The SMILES string of the molecule is Cc1cc(CC(=O)Nc2cnn(C3=CCC3)c2)ccc1OC1=C2C=C(S(C)(=O)=O)C=CC2NC=C1. The molecule has 9 heteroatoms. The molecule has 0 fully saturated rings. The number of allylic oxidation sites excluding steroid dienone is 4. The molecular weight excluding hydrogens is 464 g/mol. The predicted molar refractivity (Wildman–Crippen MR) is 135 cm³/mol. The largest absolute Gasteiger partial charge is 0.457 e. The highest BCUT2D eigenvalue weighted by molar-refractivity contribution is 7.94. The number of rotatable bonds is 7. The van der Waals surface area contributed by atoms with E-state index in [-0.39, 0.29) is 23.3 Å². The van der Waals surface area contributed by atoms with Crippen LogP contribution in [0.2, 0.25) is 0 Å². The van der Waals surface area contributed by atoms with Crippen LogP contribution in [0.15, 0.2) is 83.4 Å². The summed E-state index contributed by atoms with van der Waals surface area (Å²) < 4.78 is 32.0. The van der Waals surface area contributed by atoms with E-state index in [4.69, 9.17) is 4.74 Å². The molecule has 0 radical (unpaired) electrons. The van der Waals surface area contributed by atoms with E-state index in [1.54, 1.807) is 41.4 Å². The fourth-order valence-electron chi connectivity index (χ4n) is 4.07. The van der Waals surface area contributed by atoms with Crippen molar-refractivity contribution in [1.29, 1.82) is 0 Å². The maximum absolute atomic E-state index is 12.5. The summed E-state index contributed by atoms with van der Waals surface area (Å²) in [5.41, 5.74) is 4.29. The number of nitrogens with one attached hydrogen (secondary N) is 2. The predicted octanol–water partition coefficient (Wildman–Crippen LogP) is 3.62.